The van der Waals surface area contributed by atoms with Crippen molar-refractivity contribution < 1.29 is 9.53 Å². The first-order valence-corrected chi connectivity index (χ1v) is 8.59. The van der Waals surface area contributed by atoms with Gasteiger partial charge in [-0.1, -0.05) is 42.5 Å². The van der Waals surface area contributed by atoms with Crippen LogP contribution in [0.1, 0.15) is 29.7 Å². The summed E-state index contributed by atoms with van der Waals surface area (Å²) >= 11 is 5.35. The molecule has 130 valence electrons. The standard InChI is InChI=1S/C20H17N3O2S/c1-2-25-19(24)16-17(14-6-4-3-5-7-14)22-20(26)23-18(16)15-10-8-13(12-21)9-11-15/h3-11,18H,2H2,1H3,(H2,22,23,26). The second-order valence-electron chi connectivity index (χ2n) is 5.64. The topological polar surface area (TPSA) is 74.2 Å². The van der Waals surface area contributed by atoms with Crippen molar-refractivity contribution >= 4 is 29.0 Å². The van der Waals surface area contributed by atoms with Crippen molar-refractivity contribution in [1.82, 2.24) is 10.6 Å². The predicted molar refractivity (Wildman–Crippen MR) is 103 cm³/mol. The first-order chi connectivity index (χ1) is 12.6. The molecule has 6 heteroatoms. The number of benzene rings is 2. The summed E-state index contributed by atoms with van der Waals surface area (Å²) in [5.41, 5.74) is 3.30. The third kappa shape index (κ3) is 3.58. The molecule has 3 rings (SSSR count). The third-order valence-electron chi connectivity index (χ3n) is 4.00. The normalized spacial score (nSPS) is 16.3. The molecule has 26 heavy (non-hydrogen) atoms. The monoisotopic (exact) mass is 363 g/mol. The van der Waals surface area contributed by atoms with E-state index in [2.05, 4.69) is 16.7 Å². The van der Waals surface area contributed by atoms with Gasteiger partial charge >= 0.3 is 5.97 Å². The van der Waals surface area contributed by atoms with Gasteiger partial charge in [-0.2, -0.15) is 5.26 Å². The summed E-state index contributed by atoms with van der Waals surface area (Å²) < 4.78 is 5.29. The predicted octanol–water partition coefficient (Wildman–Crippen LogP) is 3.05. The van der Waals surface area contributed by atoms with Gasteiger partial charge < -0.3 is 15.4 Å². The maximum absolute atomic E-state index is 12.7. The third-order valence-corrected chi connectivity index (χ3v) is 4.22. The number of carbonyl (C=O) groups excluding carboxylic acids is 1. The summed E-state index contributed by atoms with van der Waals surface area (Å²) in [5, 5.41) is 15.7. The van der Waals surface area contributed by atoms with Crippen molar-refractivity contribution in [3.05, 3.63) is 76.9 Å². The lowest BCUT2D eigenvalue weighted by Gasteiger charge is -2.31. The highest BCUT2D eigenvalue weighted by atomic mass is 32.1. The first-order valence-electron chi connectivity index (χ1n) is 8.18. The van der Waals surface area contributed by atoms with Crippen LogP contribution in [0, 0.1) is 11.3 Å². The number of carbonyl (C=O) groups is 1. The molecule has 1 atom stereocenters. The Morgan fingerprint density at radius 1 is 1.19 bits per heavy atom. The first kappa shape index (κ1) is 17.6. The average molecular weight is 363 g/mol. The zero-order valence-corrected chi connectivity index (χ0v) is 15.0. The summed E-state index contributed by atoms with van der Waals surface area (Å²) in [4.78, 5) is 12.7. The van der Waals surface area contributed by atoms with Crippen LogP contribution < -0.4 is 10.6 Å². The fourth-order valence-electron chi connectivity index (χ4n) is 2.83. The largest absolute Gasteiger partial charge is 0.463 e. The van der Waals surface area contributed by atoms with E-state index < -0.39 is 12.0 Å². The molecule has 1 aliphatic rings. The maximum Gasteiger partial charge on any atom is 0.338 e. The number of nitriles is 1. The highest BCUT2D eigenvalue weighted by Crippen LogP contribution is 2.32. The molecule has 0 aliphatic carbocycles. The van der Waals surface area contributed by atoms with Gasteiger partial charge in [0.25, 0.3) is 0 Å². The lowest BCUT2D eigenvalue weighted by atomic mass is 9.92. The van der Waals surface area contributed by atoms with Crippen LogP contribution in [0.25, 0.3) is 5.70 Å². The molecule has 2 aromatic rings. The minimum atomic E-state index is -0.467. The average Bonchev–Trinajstić information content (AvgIpc) is 2.68. The van der Waals surface area contributed by atoms with E-state index in [0.717, 1.165) is 11.1 Å². The molecular weight excluding hydrogens is 346 g/mol. The van der Waals surface area contributed by atoms with Crippen molar-refractivity contribution in [3.8, 4) is 6.07 Å². The lowest BCUT2D eigenvalue weighted by Crippen LogP contribution is -2.45. The van der Waals surface area contributed by atoms with E-state index in [1.165, 1.54) is 0 Å². The van der Waals surface area contributed by atoms with E-state index in [-0.39, 0.29) is 6.61 Å². The fraction of sp³-hybridized carbons (Fsp3) is 0.150. The number of ether oxygens (including phenoxy) is 1. The molecule has 0 amide bonds. The molecule has 0 aromatic heterocycles. The Morgan fingerprint density at radius 2 is 1.88 bits per heavy atom. The van der Waals surface area contributed by atoms with E-state index in [4.69, 9.17) is 22.2 Å². The number of rotatable bonds is 4. The van der Waals surface area contributed by atoms with Gasteiger partial charge in [-0.15, -0.1) is 0 Å². The van der Waals surface area contributed by atoms with Crippen LogP contribution in [0.4, 0.5) is 0 Å². The number of nitrogens with zero attached hydrogens (tertiary/aromatic N) is 1. The summed E-state index contributed by atoms with van der Waals surface area (Å²) in [5.74, 6) is -0.414. The molecule has 1 heterocycles. The van der Waals surface area contributed by atoms with E-state index in [1.807, 2.05) is 42.5 Å². The maximum atomic E-state index is 12.7. The van der Waals surface area contributed by atoms with Crippen LogP contribution in [0.15, 0.2) is 60.2 Å². The summed E-state index contributed by atoms with van der Waals surface area (Å²) in [7, 11) is 0. The summed E-state index contributed by atoms with van der Waals surface area (Å²) in [6.45, 7) is 2.04. The number of thiocarbonyl (C=S) groups is 1. The number of hydrogen-bond acceptors (Lipinski definition) is 4. The van der Waals surface area contributed by atoms with Gasteiger partial charge in [0.05, 0.1) is 35.6 Å². The van der Waals surface area contributed by atoms with Crippen LogP contribution in [-0.2, 0) is 9.53 Å². The van der Waals surface area contributed by atoms with E-state index in [1.54, 1.807) is 19.1 Å². The SMILES string of the molecule is CCOC(=O)C1=C(c2ccccc2)NC(=S)NC1c1ccc(C#N)cc1. The zero-order valence-electron chi connectivity index (χ0n) is 14.2. The molecule has 0 spiro atoms. The summed E-state index contributed by atoms with van der Waals surface area (Å²) in [6.07, 6.45) is 0. The molecule has 0 radical (unpaired) electrons. The van der Waals surface area contributed by atoms with E-state index in [0.29, 0.717) is 21.9 Å². The van der Waals surface area contributed by atoms with Gasteiger partial charge in [-0.3, -0.25) is 0 Å². The zero-order chi connectivity index (χ0) is 18.5. The van der Waals surface area contributed by atoms with Gasteiger partial charge in [0.2, 0.25) is 0 Å². The van der Waals surface area contributed by atoms with Crippen LogP contribution in [0.5, 0.6) is 0 Å². The van der Waals surface area contributed by atoms with Gasteiger partial charge in [0.1, 0.15) is 0 Å². The highest BCUT2D eigenvalue weighted by molar-refractivity contribution is 7.80. The van der Waals surface area contributed by atoms with E-state index >= 15 is 0 Å². The molecule has 1 aliphatic heterocycles. The summed E-state index contributed by atoms with van der Waals surface area (Å²) in [6, 6.07) is 18.2. The number of nitrogens with one attached hydrogen (secondary N) is 2. The van der Waals surface area contributed by atoms with Crippen LogP contribution >= 0.6 is 12.2 Å². The molecule has 0 fully saturated rings. The number of hydrogen-bond donors (Lipinski definition) is 2. The molecule has 2 N–H and O–H groups in total. The van der Waals surface area contributed by atoms with Crippen LogP contribution in [-0.4, -0.2) is 17.7 Å². The van der Waals surface area contributed by atoms with Crippen molar-refractivity contribution in [2.45, 2.75) is 13.0 Å². The minimum Gasteiger partial charge on any atom is -0.463 e. The van der Waals surface area contributed by atoms with Crippen molar-refractivity contribution in [2.24, 2.45) is 0 Å². The molecule has 1 unspecified atom stereocenters. The van der Waals surface area contributed by atoms with Crippen LogP contribution in [0.2, 0.25) is 0 Å². The lowest BCUT2D eigenvalue weighted by molar-refractivity contribution is -0.138. The molecule has 0 saturated heterocycles. The Kier molecular flexibility index (Phi) is 5.30. The van der Waals surface area contributed by atoms with Crippen LogP contribution in [0.3, 0.4) is 0 Å². The van der Waals surface area contributed by atoms with Gasteiger partial charge in [0.15, 0.2) is 5.11 Å². The second kappa shape index (κ2) is 7.81. The Morgan fingerprint density at radius 3 is 2.50 bits per heavy atom. The number of esters is 1. The van der Waals surface area contributed by atoms with Crippen molar-refractivity contribution in [3.63, 3.8) is 0 Å². The second-order valence-corrected chi connectivity index (χ2v) is 6.05. The Bertz CT molecular complexity index is 899. The molecule has 0 bridgehead atoms. The molecular formula is C20H17N3O2S. The Labute approximate surface area is 157 Å². The quantitative estimate of drug-likeness (QED) is 0.642. The van der Waals surface area contributed by atoms with E-state index in [9.17, 15) is 4.79 Å². The molecule has 2 aromatic carbocycles. The smallest absolute Gasteiger partial charge is 0.338 e. The fourth-order valence-corrected chi connectivity index (χ4v) is 3.05. The van der Waals surface area contributed by atoms with Gasteiger partial charge in [-0.05, 0) is 42.4 Å². The molecule has 5 nitrogen and oxygen atoms in total. The Hall–Kier alpha value is -3.17. The Balaban J connectivity index is 2.15. The van der Waals surface area contributed by atoms with Gasteiger partial charge in [0, 0.05) is 0 Å². The van der Waals surface area contributed by atoms with Crippen molar-refractivity contribution in [1.29, 1.82) is 5.26 Å². The van der Waals surface area contributed by atoms with Gasteiger partial charge in [-0.25, -0.2) is 4.79 Å². The van der Waals surface area contributed by atoms with Crippen molar-refractivity contribution in [2.75, 3.05) is 6.61 Å². The highest BCUT2D eigenvalue weighted by Gasteiger charge is 2.33. The minimum absolute atomic E-state index is 0.273. The molecule has 0 saturated carbocycles.